The number of rotatable bonds is 1. The van der Waals surface area contributed by atoms with Crippen LogP contribution in [0.4, 0.5) is 0 Å². The van der Waals surface area contributed by atoms with E-state index >= 15 is 0 Å². The summed E-state index contributed by atoms with van der Waals surface area (Å²) in [5.41, 5.74) is 0. The van der Waals surface area contributed by atoms with Gasteiger partial charge in [0.15, 0.2) is 0 Å². The highest BCUT2D eigenvalue weighted by atomic mass is 16.6. The van der Waals surface area contributed by atoms with E-state index in [0.29, 0.717) is 25.7 Å². The second-order valence-corrected chi connectivity index (χ2v) is 6.08. The highest BCUT2D eigenvalue weighted by Crippen LogP contribution is 2.12. The molecule has 0 radical (unpaired) electrons. The Labute approximate surface area is 147 Å². The third-order valence-electron chi connectivity index (χ3n) is 3.58. The number of aliphatic hydroxyl groups is 1. The molecule has 0 aromatic rings. The first-order valence-corrected chi connectivity index (χ1v) is 8.39. The molecule has 1 heterocycles. The minimum absolute atomic E-state index is 0.341. The molecule has 0 amide bonds. The summed E-state index contributed by atoms with van der Waals surface area (Å²) in [6.07, 6.45) is 4.62. The van der Waals surface area contributed by atoms with Crippen molar-refractivity contribution in [3.05, 3.63) is 24.3 Å². The Balaban J connectivity index is 2.83. The fourth-order valence-electron chi connectivity index (χ4n) is 2.28. The topological polar surface area (TPSA) is 99.1 Å². The molecule has 0 aromatic heterocycles. The lowest BCUT2D eigenvalue weighted by molar-refractivity contribution is -0.147. The maximum atomic E-state index is 11.8. The molecular weight excluding hydrogens is 328 g/mol. The SMILES string of the molecule is CC(=O)O[C@@H]1/C=C/C(=O)O[C@H](C)CC[C@H](O)/C=C/C(=O)O[C@H](C)CC1. The van der Waals surface area contributed by atoms with E-state index in [1.165, 1.54) is 31.2 Å². The summed E-state index contributed by atoms with van der Waals surface area (Å²) in [6, 6.07) is 0. The molecule has 4 atom stereocenters. The van der Waals surface area contributed by atoms with Crippen LogP contribution in [0.5, 0.6) is 0 Å². The molecule has 1 aliphatic heterocycles. The van der Waals surface area contributed by atoms with Crippen molar-refractivity contribution in [1.29, 1.82) is 0 Å². The molecule has 0 aliphatic carbocycles. The highest BCUT2D eigenvalue weighted by molar-refractivity contribution is 5.82. The number of hydrogen-bond donors (Lipinski definition) is 1. The van der Waals surface area contributed by atoms with Crippen LogP contribution in [-0.2, 0) is 28.6 Å². The standard InChI is InChI=1S/C18H26O7/c1-12-4-6-15(20)7-10-17(21)24-13(2)5-8-16(25-14(3)19)9-11-18(22)23-12/h7,9-13,15-16,20H,4-6,8H2,1-3H3/b10-7+,11-9+/t12-,13-,15+,16+/m1/s1. The largest absolute Gasteiger partial charge is 0.460 e. The second-order valence-electron chi connectivity index (χ2n) is 6.08. The number of carbonyl (C=O) groups excluding carboxylic acids is 3. The van der Waals surface area contributed by atoms with Crippen molar-refractivity contribution >= 4 is 17.9 Å². The van der Waals surface area contributed by atoms with Gasteiger partial charge in [-0.3, -0.25) is 4.79 Å². The van der Waals surface area contributed by atoms with Crippen LogP contribution in [0.25, 0.3) is 0 Å². The Hall–Kier alpha value is -2.15. The lowest BCUT2D eigenvalue weighted by atomic mass is 10.1. The van der Waals surface area contributed by atoms with Crippen molar-refractivity contribution in [3.8, 4) is 0 Å². The van der Waals surface area contributed by atoms with E-state index in [4.69, 9.17) is 14.2 Å². The predicted molar refractivity (Wildman–Crippen MR) is 89.4 cm³/mol. The van der Waals surface area contributed by atoms with Crippen LogP contribution in [0, 0.1) is 0 Å². The van der Waals surface area contributed by atoms with Crippen LogP contribution in [0.15, 0.2) is 24.3 Å². The van der Waals surface area contributed by atoms with Crippen LogP contribution < -0.4 is 0 Å². The predicted octanol–water partition coefficient (Wildman–Crippen LogP) is 1.83. The van der Waals surface area contributed by atoms with Crippen LogP contribution in [0.1, 0.15) is 46.5 Å². The minimum Gasteiger partial charge on any atom is -0.460 e. The van der Waals surface area contributed by atoms with E-state index in [2.05, 4.69) is 0 Å². The van der Waals surface area contributed by atoms with Gasteiger partial charge in [-0.2, -0.15) is 0 Å². The van der Waals surface area contributed by atoms with E-state index in [-0.39, 0.29) is 0 Å². The van der Waals surface area contributed by atoms with Gasteiger partial charge in [0.1, 0.15) is 6.10 Å². The molecule has 0 bridgehead atoms. The van der Waals surface area contributed by atoms with Gasteiger partial charge in [0, 0.05) is 19.1 Å². The molecule has 7 nitrogen and oxygen atoms in total. The number of esters is 3. The number of carbonyl (C=O) groups is 3. The van der Waals surface area contributed by atoms with Gasteiger partial charge < -0.3 is 19.3 Å². The van der Waals surface area contributed by atoms with E-state index in [1.54, 1.807) is 13.8 Å². The lowest BCUT2D eigenvalue weighted by Gasteiger charge is -2.17. The fourth-order valence-corrected chi connectivity index (χ4v) is 2.28. The summed E-state index contributed by atoms with van der Waals surface area (Å²) in [5, 5.41) is 9.81. The molecule has 1 rings (SSSR count). The Morgan fingerprint density at radius 3 is 2.08 bits per heavy atom. The monoisotopic (exact) mass is 354 g/mol. The maximum Gasteiger partial charge on any atom is 0.330 e. The summed E-state index contributed by atoms with van der Waals surface area (Å²) in [6.45, 7) is 4.72. The number of cyclic esters (lactones) is 2. The quantitative estimate of drug-likeness (QED) is 0.566. The second kappa shape index (κ2) is 10.7. The zero-order valence-corrected chi connectivity index (χ0v) is 14.8. The first-order valence-electron chi connectivity index (χ1n) is 8.39. The normalized spacial score (nSPS) is 32.2. The van der Waals surface area contributed by atoms with Crippen LogP contribution in [-0.4, -0.2) is 47.4 Å². The summed E-state index contributed by atoms with van der Waals surface area (Å²) < 4.78 is 15.5. The molecule has 0 aromatic carbocycles. The Kier molecular flexibility index (Phi) is 8.91. The van der Waals surface area contributed by atoms with Gasteiger partial charge >= 0.3 is 17.9 Å². The van der Waals surface area contributed by atoms with Gasteiger partial charge in [-0.05, 0) is 51.7 Å². The third-order valence-corrected chi connectivity index (χ3v) is 3.58. The summed E-state index contributed by atoms with van der Waals surface area (Å²) in [4.78, 5) is 34.7. The Bertz CT molecular complexity index is 524. The smallest absolute Gasteiger partial charge is 0.330 e. The Morgan fingerprint density at radius 1 is 1.00 bits per heavy atom. The van der Waals surface area contributed by atoms with Gasteiger partial charge in [-0.15, -0.1) is 0 Å². The van der Waals surface area contributed by atoms with Crippen molar-refractivity contribution in [3.63, 3.8) is 0 Å². The number of hydrogen-bond acceptors (Lipinski definition) is 7. The molecular formula is C18H26O7. The van der Waals surface area contributed by atoms with Gasteiger partial charge in [0.2, 0.25) is 0 Å². The third kappa shape index (κ3) is 9.66. The summed E-state index contributed by atoms with van der Waals surface area (Å²) in [7, 11) is 0. The molecule has 0 spiro atoms. The summed E-state index contributed by atoms with van der Waals surface area (Å²) in [5.74, 6) is -1.55. The summed E-state index contributed by atoms with van der Waals surface area (Å²) >= 11 is 0. The first-order chi connectivity index (χ1) is 11.8. The molecule has 0 unspecified atom stereocenters. The molecule has 0 saturated heterocycles. The van der Waals surface area contributed by atoms with Crippen LogP contribution >= 0.6 is 0 Å². The minimum atomic E-state index is -0.819. The highest BCUT2D eigenvalue weighted by Gasteiger charge is 2.16. The number of aliphatic hydroxyl groups excluding tert-OH is 1. The van der Waals surface area contributed by atoms with E-state index in [0.717, 1.165) is 0 Å². The molecule has 25 heavy (non-hydrogen) atoms. The van der Waals surface area contributed by atoms with Crippen molar-refractivity contribution in [2.45, 2.75) is 70.9 Å². The first kappa shape index (κ1) is 20.9. The maximum absolute atomic E-state index is 11.8. The molecule has 1 aliphatic rings. The van der Waals surface area contributed by atoms with Gasteiger partial charge in [-0.1, -0.05) is 0 Å². The molecule has 7 heteroatoms. The zero-order chi connectivity index (χ0) is 18.8. The molecule has 140 valence electrons. The average Bonchev–Trinajstić information content (AvgIpc) is 2.52. The molecule has 0 saturated carbocycles. The fraction of sp³-hybridized carbons (Fsp3) is 0.611. The number of ether oxygens (including phenoxy) is 3. The van der Waals surface area contributed by atoms with Crippen molar-refractivity contribution in [1.82, 2.24) is 0 Å². The van der Waals surface area contributed by atoms with E-state index in [1.807, 2.05) is 0 Å². The van der Waals surface area contributed by atoms with Crippen LogP contribution in [0.3, 0.4) is 0 Å². The van der Waals surface area contributed by atoms with Crippen molar-refractivity contribution in [2.24, 2.45) is 0 Å². The zero-order valence-electron chi connectivity index (χ0n) is 14.8. The van der Waals surface area contributed by atoms with Crippen molar-refractivity contribution < 1.29 is 33.7 Å². The van der Waals surface area contributed by atoms with Crippen molar-refractivity contribution in [2.75, 3.05) is 0 Å². The van der Waals surface area contributed by atoms with E-state index < -0.39 is 42.3 Å². The molecule has 1 N–H and O–H groups in total. The van der Waals surface area contributed by atoms with E-state index in [9.17, 15) is 19.5 Å². The Morgan fingerprint density at radius 2 is 1.52 bits per heavy atom. The molecule has 0 fully saturated rings. The average molecular weight is 354 g/mol. The lowest BCUT2D eigenvalue weighted by Crippen LogP contribution is -2.21. The van der Waals surface area contributed by atoms with Crippen LogP contribution in [0.2, 0.25) is 0 Å². The van der Waals surface area contributed by atoms with Gasteiger partial charge in [0.25, 0.3) is 0 Å². The van der Waals surface area contributed by atoms with Gasteiger partial charge in [0.05, 0.1) is 18.3 Å². The van der Waals surface area contributed by atoms with Gasteiger partial charge in [-0.25, -0.2) is 9.59 Å².